The second-order valence-electron chi connectivity index (χ2n) is 7.71. The highest BCUT2D eigenvalue weighted by atomic mass is 19.1. The molecule has 0 radical (unpaired) electrons. The molecule has 0 fully saturated rings. The van der Waals surface area contributed by atoms with Crippen molar-refractivity contribution < 1.29 is 8.78 Å². The molecule has 0 saturated heterocycles. The second-order valence-corrected chi connectivity index (χ2v) is 7.71. The van der Waals surface area contributed by atoms with E-state index in [4.69, 9.17) is 5.73 Å². The van der Waals surface area contributed by atoms with Crippen molar-refractivity contribution in [1.82, 2.24) is 4.98 Å². The number of anilines is 1. The number of nitriles is 1. The lowest BCUT2D eigenvalue weighted by Crippen LogP contribution is -2.28. The van der Waals surface area contributed by atoms with Crippen LogP contribution < -0.4 is 5.73 Å². The molecular weight excluding hydrogens is 320 g/mol. The summed E-state index contributed by atoms with van der Waals surface area (Å²) in [7, 11) is 0. The van der Waals surface area contributed by atoms with Crippen LogP contribution in [0.1, 0.15) is 44.0 Å². The van der Waals surface area contributed by atoms with Crippen molar-refractivity contribution in [2.24, 2.45) is 11.3 Å². The van der Waals surface area contributed by atoms with Gasteiger partial charge in [-0.25, -0.2) is 13.8 Å². The molecule has 3 rings (SSSR count). The molecule has 1 unspecified atom stereocenters. The number of nitrogen functional groups attached to an aromatic ring is 1. The molecule has 0 saturated carbocycles. The van der Waals surface area contributed by atoms with E-state index in [9.17, 15) is 14.0 Å². The Morgan fingerprint density at radius 1 is 1.28 bits per heavy atom. The number of aromatic nitrogens is 1. The van der Waals surface area contributed by atoms with Gasteiger partial charge >= 0.3 is 0 Å². The van der Waals surface area contributed by atoms with Crippen molar-refractivity contribution in [1.29, 1.82) is 5.26 Å². The molecule has 1 aliphatic carbocycles. The molecule has 2 aromatic rings. The van der Waals surface area contributed by atoms with Gasteiger partial charge in [-0.15, -0.1) is 0 Å². The summed E-state index contributed by atoms with van der Waals surface area (Å²) in [5, 5.41) is 9.57. The summed E-state index contributed by atoms with van der Waals surface area (Å²) in [4.78, 5) is 4.39. The molecule has 3 nitrogen and oxygen atoms in total. The molecule has 25 heavy (non-hydrogen) atoms. The minimum absolute atomic E-state index is 0.0878. The quantitative estimate of drug-likeness (QED) is 0.822. The third kappa shape index (κ3) is 3.09. The van der Waals surface area contributed by atoms with Crippen molar-refractivity contribution in [3.05, 3.63) is 46.7 Å². The SMILES string of the molecule is CC(C)(C)C1CCc2nc(N)c(C#N)c(-c3ccc(F)cc3F)c2C1. The summed E-state index contributed by atoms with van der Waals surface area (Å²) >= 11 is 0. The third-order valence-corrected chi connectivity index (χ3v) is 5.13. The Morgan fingerprint density at radius 3 is 2.60 bits per heavy atom. The maximum atomic E-state index is 14.5. The van der Waals surface area contributed by atoms with Crippen LogP contribution in [0.4, 0.5) is 14.6 Å². The first kappa shape index (κ1) is 17.3. The first-order valence-electron chi connectivity index (χ1n) is 8.39. The van der Waals surface area contributed by atoms with E-state index in [0.29, 0.717) is 17.9 Å². The van der Waals surface area contributed by atoms with Gasteiger partial charge in [0.05, 0.1) is 0 Å². The molecule has 1 atom stereocenters. The summed E-state index contributed by atoms with van der Waals surface area (Å²) in [6, 6.07) is 5.47. The van der Waals surface area contributed by atoms with E-state index in [1.165, 1.54) is 12.1 Å². The molecule has 1 aliphatic rings. The van der Waals surface area contributed by atoms with Gasteiger partial charge in [-0.2, -0.15) is 5.26 Å². The Labute approximate surface area is 146 Å². The summed E-state index contributed by atoms with van der Waals surface area (Å²) in [6.07, 6.45) is 2.41. The van der Waals surface area contributed by atoms with Crippen LogP contribution in [0.25, 0.3) is 11.1 Å². The van der Waals surface area contributed by atoms with Crippen LogP contribution in [0.2, 0.25) is 0 Å². The van der Waals surface area contributed by atoms with E-state index in [-0.39, 0.29) is 22.4 Å². The molecule has 1 aromatic heterocycles. The number of nitrogens with zero attached hydrogens (tertiary/aromatic N) is 2. The maximum Gasteiger partial charge on any atom is 0.142 e. The van der Waals surface area contributed by atoms with Crippen LogP contribution in [-0.4, -0.2) is 4.98 Å². The van der Waals surface area contributed by atoms with E-state index in [2.05, 4.69) is 31.8 Å². The zero-order valence-electron chi connectivity index (χ0n) is 14.7. The van der Waals surface area contributed by atoms with E-state index < -0.39 is 11.6 Å². The zero-order valence-corrected chi connectivity index (χ0v) is 14.7. The van der Waals surface area contributed by atoms with Crippen molar-refractivity contribution in [2.45, 2.75) is 40.0 Å². The minimum atomic E-state index is -0.692. The van der Waals surface area contributed by atoms with E-state index in [0.717, 1.165) is 30.2 Å². The molecule has 0 bridgehead atoms. The number of nitrogens with two attached hydrogens (primary N) is 1. The van der Waals surface area contributed by atoms with Gasteiger partial charge in [0.1, 0.15) is 29.1 Å². The van der Waals surface area contributed by atoms with E-state index in [1.54, 1.807) is 0 Å². The standard InChI is InChI=1S/C20H21F2N3/c1-20(2,3)11-4-7-17-14(8-11)18(15(10-23)19(24)25-17)13-6-5-12(21)9-16(13)22/h5-6,9,11H,4,7-8H2,1-3H3,(H2,24,25). The van der Waals surface area contributed by atoms with Crippen LogP contribution in [0.3, 0.4) is 0 Å². The molecule has 1 aromatic carbocycles. The predicted molar refractivity (Wildman–Crippen MR) is 93.7 cm³/mol. The van der Waals surface area contributed by atoms with Crippen LogP contribution in [0.15, 0.2) is 18.2 Å². The van der Waals surface area contributed by atoms with Gasteiger partial charge < -0.3 is 5.73 Å². The molecule has 5 heteroatoms. The largest absolute Gasteiger partial charge is 0.383 e. The highest BCUT2D eigenvalue weighted by molar-refractivity contribution is 5.79. The third-order valence-electron chi connectivity index (χ3n) is 5.13. The smallest absolute Gasteiger partial charge is 0.142 e. The molecule has 0 amide bonds. The lowest BCUT2D eigenvalue weighted by Gasteiger charge is -2.35. The Hall–Kier alpha value is -2.48. The summed E-state index contributed by atoms with van der Waals surface area (Å²) in [6.45, 7) is 6.53. The molecule has 0 spiro atoms. The number of benzene rings is 1. The predicted octanol–water partition coefficient (Wildman–Crippen LogP) is 4.63. The Kier molecular flexibility index (Phi) is 4.24. The zero-order chi connectivity index (χ0) is 18.4. The summed E-state index contributed by atoms with van der Waals surface area (Å²) in [5.41, 5.74) is 8.57. The number of fused-ring (bicyclic) bond motifs is 1. The number of rotatable bonds is 1. The van der Waals surface area contributed by atoms with Gasteiger partial charge in [0, 0.05) is 22.9 Å². The van der Waals surface area contributed by atoms with E-state index in [1.807, 2.05) is 0 Å². The van der Waals surface area contributed by atoms with E-state index >= 15 is 0 Å². The number of hydrogen-bond donors (Lipinski definition) is 1. The molecule has 130 valence electrons. The Bertz CT molecular complexity index is 876. The van der Waals surface area contributed by atoms with Crippen molar-refractivity contribution in [3.8, 4) is 17.2 Å². The van der Waals surface area contributed by atoms with Gasteiger partial charge in [0.25, 0.3) is 0 Å². The minimum Gasteiger partial charge on any atom is -0.383 e. The Morgan fingerprint density at radius 2 is 2.00 bits per heavy atom. The molecular formula is C20H21F2N3. The lowest BCUT2D eigenvalue weighted by atomic mass is 9.70. The average Bonchev–Trinajstić information content (AvgIpc) is 2.52. The van der Waals surface area contributed by atoms with Crippen molar-refractivity contribution >= 4 is 5.82 Å². The fraction of sp³-hybridized carbons (Fsp3) is 0.400. The van der Waals surface area contributed by atoms with Gasteiger partial charge in [-0.1, -0.05) is 20.8 Å². The average molecular weight is 341 g/mol. The van der Waals surface area contributed by atoms with Crippen molar-refractivity contribution in [3.63, 3.8) is 0 Å². The highest BCUT2D eigenvalue weighted by Gasteiger charge is 2.33. The number of halogens is 2. The van der Waals surface area contributed by atoms with Gasteiger partial charge in [0.2, 0.25) is 0 Å². The van der Waals surface area contributed by atoms with Gasteiger partial charge in [0.15, 0.2) is 0 Å². The van der Waals surface area contributed by atoms with Crippen molar-refractivity contribution in [2.75, 3.05) is 5.73 Å². The maximum absolute atomic E-state index is 14.5. The topological polar surface area (TPSA) is 62.7 Å². The summed E-state index contributed by atoms with van der Waals surface area (Å²) in [5.74, 6) is -0.848. The normalized spacial score (nSPS) is 17.0. The fourth-order valence-corrected chi connectivity index (χ4v) is 3.62. The van der Waals surface area contributed by atoms with Crippen LogP contribution in [0, 0.1) is 34.3 Å². The van der Waals surface area contributed by atoms with Gasteiger partial charge in [-0.3, -0.25) is 0 Å². The summed E-state index contributed by atoms with van der Waals surface area (Å²) < 4.78 is 27.8. The van der Waals surface area contributed by atoms with Gasteiger partial charge in [-0.05, 0) is 48.3 Å². The number of pyridine rings is 1. The highest BCUT2D eigenvalue weighted by Crippen LogP contribution is 2.42. The van der Waals surface area contributed by atoms with Crippen LogP contribution >= 0.6 is 0 Å². The fourth-order valence-electron chi connectivity index (χ4n) is 3.62. The first-order valence-corrected chi connectivity index (χ1v) is 8.39. The lowest BCUT2D eigenvalue weighted by molar-refractivity contribution is 0.215. The Balaban J connectivity index is 2.27. The first-order chi connectivity index (χ1) is 11.7. The second kappa shape index (κ2) is 6.11. The molecule has 2 N–H and O–H groups in total. The van der Waals surface area contributed by atoms with Crippen LogP contribution in [0.5, 0.6) is 0 Å². The monoisotopic (exact) mass is 341 g/mol. The van der Waals surface area contributed by atoms with Crippen LogP contribution in [-0.2, 0) is 12.8 Å². The number of aryl methyl sites for hydroxylation is 1. The molecule has 1 heterocycles. The molecule has 0 aliphatic heterocycles. The number of hydrogen-bond acceptors (Lipinski definition) is 3.